The quantitative estimate of drug-likeness (QED) is 0.0644. The minimum absolute atomic E-state index is 0.154. The van der Waals surface area contributed by atoms with Crippen LogP contribution in [-0.4, -0.2) is 110 Å². The number of aromatic nitrogens is 6. The average Bonchev–Trinajstić information content (AvgIpc) is 4.02. The second kappa shape index (κ2) is 23.4. The van der Waals surface area contributed by atoms with E-state index in [-0.39, 0.29) is 17.9 Å². The summed E-state index contributed by atoms with van der Waals surface area (Å²) in [5.41, 5.74) is 9.81. The maximum absolute atomic E-state index is 14.0. The first-order valence-electron chi connectivity index (χ1n) is 25.0. The summed E-state index contributed by atoms with van der Waals surface area (Å²) in [6, 6.07) is 40.7. The number of carbonyl (C=O) groups is 1. The van der Waals surface area contributed by atoms with Gasteiger partial charge in [-0.2, -0.15) is 0 Å². The van der Waals surface area contributed by atoms with Crippen molar-refractivity contribution in [3.8, 4) is 21.1 Å². The van der Waals surface area contributed by atoms with Gasteiger partial charge in [-0.3, -0.25) is 14.6 Å². The van der Waals surface area contributed by atoms with Crippen LogP contribution in [0.2, 0.25) is 0 Å². The van der Waals surface area contributed by atoms with E-state index in [2.05, 4.69) is 137 Å². The van der Waals surface area contributed by atoms with Crippen molar-refractivity contribution in [3.63, 3.8) is 0 Å². The molecule has 4 aromatic heterocycles. The highest BCUT2D eigenvalue weighted by molar-refractivity contribution is 7.19. The fraction of sp³-hybridized carbons (Fsp3) is 0.246. The number of ketones is 1. The molecule has 2 unspecified atom stereocenters. The molecule has 0 spiro atoms. The van der Waals surface area contributed by atoms with Gasteiger partial charge in [-0.25, -0.2) is 29.9 Å². The van der Waals surface area contributed by atoms with E-state index in [9.17, 15) is 4.79 Å². The van der Waals surface area contributed by atoms with Crippen molar-refractivity contribution in [2.45, 2.75) is 39.8 Å². The molecule has 2 aliphatic rings. The maximum Gasteiger partial charge on any atom is 0.227 e. The summed E-state index contributed by atoms with van der Waals surface area (Å²) in [5.74, 6) is 1.34. The lowest BCUT2D eigenvalue weighted by Crippen LogP contribution is -2.57. The Morgan fingerprint density at radius 3 is 1.30 bits per heavy atom. The van der Waals surface area contributed by atoms with Gasteiger partial charge in [-0.05, 0) is 112 Å². The first kappa shape index (κ1) is 49.7. The van der Waals surface area contributed by atoms with Crippen molar-refractivity contribution in [3.05, 3.63) is 169 Å². The Labute approximate surface area is 440 Å². The third-order valence-electron chi connectivity index (χ3n) is 13.5. The molecule has 0 bridgehead atoms. The topological polar surface area (TPSA) is 155 Å². The Hall–Kier alpha value is -7.83. The van der Waals surface area contributed by atoms with Crippen LogP contribution < -0.4 is 31.1 Å². The summed E-state index contributed by atoms with van der Waals surface area (Å²) < 4.78 is 0. The number of nitrogens with zero attached hydrogens (tertiary/aromatic N) is 10. The Morgan fingerprint density at radius 2 is 0.905 bits per heavy atom. The van der Waals surface area contributed by atoms with Crippen LogP contribution in [0.4, 0.5) is 44.9 Å². The van der Waals surface area contributed by atoms with Gasteiger partial charge in [0.05, 0.1) is 44.6 Å². The molecule has 74 heavy (non-hydrogen) atoms. The lowest BCUT2D eigenvalue weighted by atomic mass is 10.0. The van der Waals surface area contributed by atoms with Crippen LogP contribution in [0, 0.1) is 13.8 Å². The summed E-state index contributed by atoms with van der Waals surface area (Å²) in [7, 11) is 0. The molecule has 4 N–H and O–H groups in total. The molecule has 8 aromatic rings. The number of rotatable bonds is 18. The van der Waals surface area contributed by atoms with Gasteiger partial charge < -0.3 is 31.1 Å². The molecule has 0 saturated carbocycles. The Kier molecular flexibility index (Phi) is 15.7. The second-order valence-electron chi connectivity index (χ2n) is 18.3. The molecule has 2 atom stereocenters. The van der Waals surface area contributed by atoms with E-state index in [0.717, 1.165) is 129 Å². The van der Waals surface area contributed by atoms with Gasteiger partial charge in [0.2, 0.25) is 11.9 Å². The standard InChI is InChI=1S/C57H60N14OS2/c1-39-52(73-56(62-39)60-27-23-43-11-7-5-8-12-43)49-25-29-58-54(66-49)64-45-15-19-47(20-16-45)70-35-31-68(32-36-70)41(3)51(72)42(4)69-33-37-71(38-34-69)48-21-17-46(18-22-48)65-55-59-30-26-50(67-55)53-40(2)63-57(74-53)61-28-24-44-13-9-6-10-14-44/h5-30,41-42H,31-38H2,1-4H3,(H,60,62)(H,61,63)(H,58,64,66)(H,59,65,67). The lowest BCUT2D eigenvalue weighted by molar-refractivity contribution is -0.128. The molecule has 0 amide bonds. The number of hydrogen-bond acceptors (Lipinski definition) is 17. The normalized spacial score (nSPS) is 15.4. The van der Waals surface area contributed by atoms with Crippen LogP contribution in [0.3, 0.4) is 0 Å². The molecule has 17 heteroatoms. The van der Waals surface area contributed by atoms with E-state index in [4.69, 9.17) is 19.9 Å². The molecule has 15 nitrogen and oxygen atoms in total. The van der Waals surface area contributed by atoms with Crippen LogP contribution in [0.5, 0.6) is 0 Å². The predicted octanol–water partition coefficient (Wildman–Crippen LogP) is 11.1. The molecule has 4 aromatic carbocycles. The van der Waals surface area contributed by atoms with Crippen molar-refractivity contribution in [2.75, 3.05) is 83.4 Å². The van der Waals surface area contributed by atoms with Crippen LogP contribution in [0.25, 0.3) is 33.3 Å². The van der Waals surface area contributed by atoms with Crippen molar-refractivity contribution < 1.29 is 4.79 Å². The molecule has 6 heterocycles. The zero-order valence-electron chi connectivity index (χ0n) is 42.0. The first-order valence-corrected chi connectivity index (χ1v) is 26.7. The molecule has 0 aliphatic carbocycles. The van der Waals surface area contributed by atoms with Gasteiger partial charge in [0.1, 0.15) is 0 Å². The fourth-order valence-electron chi connectivity index (χ4n) is 9.24. The Balaban J connectivity index is 0.656. The third kappa shape index (κ3) is 12.3. The van der Waals surface area contributed by atoms with E-state index >= 15 is 0 Å². The van der Waals surface area contributed by atoms with Crippen molar-refractivity contribution in [2.24, 2.45) is 0 Å². The minimum atomic E-state index is -0.154. The Bertz CT molecular complexity index is 2970. The number of benzene rings is 4. The third-order valence-corrected chi connectivity index (χ3v) is 15.7. The van der Waals surface area contributed by atoms with Crippen LogP contribution in [0.1, 0.15) is 36.4 Å². The van der Waals surface area contributed by atoms with Gasteiger partial charge in [-0.1, -0.05) is 83.3 Å². The van der Waals surface area contributed by atoms with Crippen molar-refractivity contribution in [1.29, 1.82) is 0 Å². The van der Waals surface area contributed by atoms with Crippen LogP contribution >= 0.6 is 22.7 Å². The number of thiazole rings is 2. The lowest BCUT2D eigenvalue weighted by Gasteiger charge is -2.42. The summed E-state index contributed by atoms with van der Waals surface area (Å²) in [5, 5.41) is 15.0. The summed E-state index contributed by atoms with van der Waals surface area (Å²) >= 11 is 3.12. The summed E-state index contributed by atoms with van der Waals surface area (Å²) in [6.07, 6.45) is 11.4. The summed E-state index contributed by atoms with van der Waals surface area (Å²) in [6.45, 7) is 14.9. The smallest absolute Gasteiger partial charge is 0.227 e. The molecular weight excluding hydrogens is 961 g/mol. The van der Waals surface area contributed by atoms with E-state index in [1.54, 1.807) is 35.1 Å². The van der Waals surface area contributed by atoms with Gasteiger partial charge in [0, 0.05) is 99.9 Å². The maximum atomic E-state index is 14.0. The van der Waals surface area contributed by atoms with Gasteiger partial charge in [-0.15, -0.1) is 0 Å². The predicted molar refractivity (Wildman–Crippen MR) is 305 cm³/mol. The highest BCUT2D eigenvalue weighted by Gasteiger charge is 2.33. The highest BCUT2D eigenvalue weighted by atomic mass is 32.1. The second-order valence-corrected chi connectivity index (χ2v) is 20.3. The van der Waals surface area contributed by atoms with Crippen molar-refractivity contribution >= 4 is 85.5 Å². The number of Topliss-reactive ketones (excluding diaryl/α,β-unsaturated/α-hetero) is 1. The van der Waals surface area contributed by atoms with Crippen LogP contribution in [-0.2, 0) is 4.79 Å². The van der Waals surface area contributed by atoms with Crippen LogP contribution in [0.15, 0.2) is 146 Å². The fourth-order valence-corrected chi connectivity index (χ4v) is 11.1. The molecular formula is C57H60N14OS2. The first-order chi connectivity index (χ1) is 36.2. The molecule has 2 saturated heterocycles. The van der Waals surface area contributed by atoms with Gasteiger partial charge in [0.15, 0.2) is 16.0 Å². The minimum Gasteiger partial charge on any atom is -0.369 e. The van der Waals surface area contributed by atoms with Crippen molar-refractivity contribution in [1.82, 2.24) is 39.7 Å². The van der Waals surface area contributed by atoms with E-state index in [0.29, 0.717) is 11.9 Å². The SMILES string of the molecule is Cc1nc(NC=Cc2ccccc2)sc1-c1ccnc(Nc2ccc(N3CCN(C(C)C(=O)C(C)N4CCN(c5ccc(Nc6nccc(-c7sc(NC=Cc8ccccc8)nc7C)n6)cc5)CC4)CC3)cc2)n1. The molecule has 10 rings (SSSR count). The van der Waals surface area contributed by atoms with E-state index in [1.807, 2.05) is 86.9 Å². The molecule has 2 fully saturated rings. The number of piperazine rings is 2. The van der Waals surface area contributed by atoms with Gasteiger partial charge in [0.25, 0.3) is 0 Å². The number of nitrogens with one attached hydrogen (secondary N) is 4. The zero-order chi connectivity index (χ0) is 50.8. The highest BCUT2D eigenvalue weighted by Crippen LogP contribution is 2.34. The number of hydrogen-bond donors (Lipinski definition) is 4. The monoisotopic (exact) mass is 1020 g/mol. The molecule has 376 valence electrons. The number of carbonyl (C=O) groups excluding carboxylic acids is 1. The van der Waals surface area contributed by atoms with E-state index in [1.165, 1.54) is 0 Å². The molecule has 0 radical (unpaired) electrons. The average molecular weight is 1020 g/mol. The number of aryl methyl sites for hydroxylation is 2. The summed E-state index contributed by atoms with van der Waals surface area (Å²) in [4.78, 5) is 53.5. The largest absolute Gasteiger partial charge is 0.369 e. The van der Waals surface area contributed by atoms with Gasteiger partial charge >= 0.3 is 0 Å². The van der Waals surface area contributed by atoms with E-state index < -0.39 is 0 Å². The number of anilines is 8. The molecule has 2 aliphatic heterocycles. The Morgan fingerprint density at radius 1 is 0.514 bits per heavy atom. The zero-order valence-corrected chi connectivity index (χ0v) is 43.7.